The first-order chi connectivity index (χ1) is 8.20. The highest BCUT2D eigenvalue weighted by Crippen LogP contribution is 2.27. The molecule has 2 heterocycles. The Hall–Kier alpha value is -1.53. The van der Waals surface area contributed by atoms with Crippen molar-refractivity contribution in [1.29, 1.82) is 0 Å². The van der Waals surface area contributed by atoms with E-state index in [9.17, 15) is 4.79 Å². The van der Waals surface area contributed by atoms with E-state index < -0.39 is 0 Å². The lowest BCUT2D eigenvalue weighted by atomic mass is 10.4. The van der Waals surface area contributed by atoms with E-state index in [1.54, 1.807) is 12.3 Å². The molecule has 0 unspecified atom stereocenters. The molecule has 0 N–H and O–H groups in total. The molecule has 7 heteroatoms. The third kappa shape index (κ3) is 2.78. The second-order valence-electron chi connectivity index (χ2n) is 3.08. The summed E-state index contributed by atoms with van der Waals surface area (Å²) in [6.45, 7) is 1.86. The summed E-state index contributed by atoms with van der Waals surface area (Å²) in [7, 11) is 0. The molecule has 0 aliphatic heterocycles. The second-order valence-corrected chi connectivity index (χ2v) is 4.40. The Morgan fingerprint density at radius 3 is 2.88 bits per heavy atom. The highest BCUT2D eigenvalue weighted by Gasteiger charge is 2.11. The lowest BCUT2D eigenvalue weighted by Crippen LogP contribution is -1.95. The fourth-order valence-electron chi connectivity index (χ4n) is 1.10. The average molecular weight is 267 g/mol. The van der Waals surface area contributed by atoms with Crippen molar-refractivity contribution in [3.05, 3.63) is 35.0 Å². The van der Waals surface area contributed by atoms with Crippen molar-refractivity contribution >= 4 is 29.6 Å². The van der Waals surface area contributed by atoms with Gasteiger partial charge in [0.15, 0.2) is 11.4 Å². The van der Waals surface area contributed by atoms with Crippen LogP contribution >= 0.6 is 23.4 Å². The van der Waals surface area contributed by atoms with Crippen LogP contribution in [0.5, 0.6) is 0 Å². The first-order valence-corrected chi connectivity index (χ1v) is 5.83. The zero-order valence-corrected chi connectivity index (χ0v) is 10.4. The molecule has 0 saturated carbocycles. The third-order valence-corrected chi connectivity index (χ3v) is 3.08. The first kappa shape index (κ1) is 11.9. The van der Waals surface area contributed by atoms with Crippen molar-refractivity contribution in [2.75, 3.05) is 0 Å². The van der Waals surface area contributed by atoms with Crippen molar-refractivity contribution in [3.8, 4) is 0 Å². The SMILES string of the molecule is Cc1ccnc(Sc2ncnc(Cl)c2C=O)n1. The minimum absolute atomic E-state index is 0.130. The number of aryl methyl sites for hydroxylation is 1. The van der Waals surface area contributed by atoms with Gasteiger partial charge in [-0.25, -0.2) is 19.9 Å². The molecular formula is C10H7ClN4OS. The lowest BCUT2D eigenvalue weighted by molar-refractivity contribution is 0.112. The monoisotopic (exact) mass is 266 g/mol. The normalized spacial score (nSPS) is 10.2. The van der Waals surface area contributed by atoms with E-state index in [1.165, 1.54) is 18.1 Å². The predicted molar refractivity (Wildman–Crippen MR) is 63.3 cm³/mol. The van der Waals surface area contributed by atoms with Crippen molar-refractivity contribution in [2.24, 2.45) is 0 Å². The smallest absolute Gasteiger partial charge is 0.194 e. The Kier molecular flexibility index (Phi) is 3.65. The number of hydrogen-bond acceptors (Lipinski definition) is 6. The summed E-state index contributed by atoms with van der Waals surface area (Å²) in [5, 5.41) is 1.10. The highest BCUT2D eigenvalue weighted by molar-refractivity contribution is 7.99. The average Bonchev–Trinajstić information content (AvgIpc) is 2.29. The predicted octanol–water partition coefficient (Wildman–Crippen LogP) is 2.19. The van der Waals surface area contributed by atoms with Gasteiger partial charge in [-0.1, -0.05) is 11.6 Å². The maximum atomic E-state index is 10.9. The van der Waals surface area contributed by atoms with Gasteiger partial charge in [-0.2, -0.15) is 0 Å². The van der Waals surface area contributed by atoms with Gasteiger partial charge in [0.25, 0.3) is 0 Å². The molecule has 2 rings (SSSR count). The second kappa shape index (κ2) is 5.20. The highest BCUT2D eigenvalue weighted by atomic mass is 35.5. The minimum atomic E-state index is 0.130. The molecule has 2 aromatic rings. The molecule has 5 nitrogen and oxygen atoms in total. The number of hydrogen-bond donors (Lipinski definition) is 0. The summed E-state index contributed by atoms with van der Waals surface area (Å²) in [5.41, 5.74) is 1.10. The summed E-state index contributed by atoms with van der Waals surface area (Å²) in [6.07, 6.45) is 3.57. The van der Waals surface area contributed by atoms with Gasteiger partial charge in [0.05, 0.1) is 5.56 Å². The third-order valence-electron chi connectivity index (χ3n) is 1.88. The van der Waals surface area contributed by atoms with Crippen LogP contribution in [0.4, 0.5) is 0 Å². The molecular weight excluding hydrogens is 260 g/mol. The summed E-state index contributed by atoms with van der Waals surface area (Å²) < 4.78 is 0. The number of carbonyl (C=O) groups is 1. The fraction of sp³-hybridized carbons (Fsp3) is 0.100. The van der Waals surface area contributed by atoms with Gasteiger partial charge in [0.1, 0.15) is 16.5 Å². The van der Waals surface area contributed by atoms with Crippen LogP contribution in [0.2, 0.25) is 5.15 Å². The zero-order valence-electron chi connectivity index (χ0n) is 8.79. The largest absolute Gasteiger partial charge is 0.298 e. The van der Waals surface area contributed by atoms with Crippen LogP contribution in [-0.2, 0) is 0 Å². The van der Waals surface area contributed by atoms with Gasteiger partial charge in [-0.05, 0) is 24.8 Å². The topological polar surface area (TPSA) is 68.6 Å². The van der Waals surface area contributed by atoms with Crippen LogP contribution < -0.4 is 0 Å². The Morgan fingerprint density at radius 1 is 1.35 bits per heavy atom. The number of carbonyl (C=O) groups excluding carboxylic acids is 1. The van der Waals surface area contributed by atoms with Crippen LogP contribution in [0.15, 0.2) is 28.8 Å². The molecule has 86 valence electrons. The summed E-state index contributed by atoms with van der Waals surface area (Å²) >= 11 is 6.97. The van der Waals surface area contributed by atoms with Gasteiger partial charge in [-0.3, -0.25) is 4.79 Å². The first-order valence-electron chi connectivity index (χ1n) is 4.64. The standard InChI is InChI=1S/C10H7ClN4OS/c1-6-2-3-12-10(15-6)17-9-7(4-16)8(11)13-5-14-9/h2-5H,1H3. The van der Waals surface area contributed by atoms with Crippen LogP contribution in [0.25, 0.3) is 0 Å². The number of aromatic nitrogens is 4. The maximum Gasteiger partial charge on any atom is 0.194 e. The molecule has 0 fully saturated rings. The van der Waals surface area contributed by atoms with Crippen LogP contribution in [0.1, 0.15) is 16.1 Å². The van der Waals surface area contributed by atoms with E-state index in [1.807, 2.05) is 6.92 Å². The van der Waals surface area contributed by atoms with E-state index >= 15 is 0 Å². The Bertz CT molecular complexity index is 564. The maximum absolute atomic E-state index is 10.9. The lowest BCUT2D eigenvalue weighted by Gasteiger charge is -2.03. The molecule has 0 amide bonds. The molecule has 0 aliphatic carbocycles. The zero-order chi connectivity index (χ0) is 12.3. The molecule has 0 aliphatic rings. The molecule has 0 bridgehead atoms. The molecule has 0 saturated heterocycles. The van der Waals surface area contributed by atoms with E-state index in [2.05, 4.69) is 19.9 Å². The molecule has 17 heavy (non-hydrogen) atoms. The van der Waals surface area contributed by atoms with Gasteiger partial charge in [0.2, 0.25) is 0 Å². The summed E-state index contributed by atoms with van der Waals surface area (Å²) in [6, 6.07) is 1.79. The molecule has 0 spiro atoms. The van der Waals surface area contributed by atoms with Crippen LogP contribution in [0.3, 0.4) is 0 Å². The Balaban J connectivity index is 2.36. The van der Waals surface area contributed by atoms with Crippen LogP contribution in [0, 0.1) is 6.92 Å². The molecule has 2 aromatic heterocycles. The molecule has 0 aromatic carbocycles. The van der Waals surface area contributed by atoms with Crippen molar-refractivity contribution in [1.82, 2.24) is 19.9 Å². The van der Waals surface area contributed by atoms with Crippen molar-refractivity contribution < 1.29 is 4.79 Å². The van der Waals surface area contributed by atoms with Crippen molar-refractivity contribution in [3.63, 3.8) is 0 Å². The van der Waals surface area contributed by atoms with Gasteiger partial charge in [-0.15, -0.1) is 0 Å². The number of aldehydes is 1. The van der Waals surface area contributed by atoms with E-state index in [4.69, 9.17) is 11.6 Å². The van der Waals surface area contributed by atoms with Gasteiger partial charge < -0.3 is 0 Å². The van der Waals surface area contributed by atoms with Gasteiger partial charge >= 0.3 is 0 Å². The number of rotatable bonds is 3. The Labute approximate surface area is 107 Å². The Morgan fingerprint density at radius 2 is 2.18 bits per heavy atom. The summed E-state index contributed by atoms with van der Waals surface area (Å²) in [4.78, 5) is 26.9. The van der Waals surface area contributed by atoms with E-state index in [0.29, 0.717) is 16.5 Å². The van der Waals surface area contributed by atoms with E-state index in [-0.39, 0.29) is 10.7 Å². The van der Waals surface area contributed by atoms with Crippen molar-refractivity contribution in [2.45, 2.75) is 17.1 Å². The van der Waals surface area contributed by atoms with E-state index in [0.717, 1.165) is 5.69 Å². The van der Waals surface area contributed by atoms with Gasteiger partial charge in [0, 0.05) is 11.9 Å². The number of nitrogens with zero attached hydrogens (tertiary/aromatic N) is 4. The van der Waals surface area contributed by atoms with Crippen LogP contribution in [-0.4, -0.2) is 26.2 Å². The molecule has 0 radical (unpaired) electrons. The quantitative estimate of drug-likeness (QED) is 0.482. The summed E-state index contributed by atoms with van der Waals surface area (Å²) in [5.74, 6) is 0. The minimum Gasteiger partial charge on any atom is -0.298 e. The number of halogens is 1. The fourth-order valence-corrected chi connectivity index (χ4v) is 2.17. The molecule has 0 atom stereocenters.